The van der Waals surface area contributed by atoms with Crippen molar-refractivity contribution >= 4 is 54.8 Å². The lowest BCUT2D eigenvalue weighted by atomic mass is 10.1. The van der Waals surface area contributed by atoms with E-state index >= 15 is 0 Å². The summed E-state index contributed by atoms with van der Waals surface area (Å²) in [6.07, 6.45) is 1.40. The molecule has 0 radical (unpaired) electrons. The molecule has 3 aromatic rings. The summed E-state index contributed by atoms with van der Waals surface area (Å²) < 4.78 is 1.24. The van der Waals surface area contributed by atoms with Gasteiger partial charge in [0, 0.05) is 10.0 Å². The average molecular weight is 464 g/mol. The standard InChI is InChI=1S/C18H12Br2N2O3/c19-14-8-15(20)17(24)7-12(14)9-21-22-18(25)13-5-10-3-1-2-4-11(10)6-16(13)23/h1-9,23-24H,(H,22,25)/b21-9+. The Morgan fingerprint density at radius 1 is 0.960 bits per heavy atom. The van der Waals surface area contributed by atoms with Crippen LogP contribution in [-0.2, 0) is 0 Å². The molecule has 0 saturated heterocycles. The van der Waals surface area contributed by atoms with Gasteiger partial charge in [0.2, 0.25) is 0 Å². The number of phenolic OH excluding ortho intramolecular Hbond substituents is 2. The van der Waals surface area contributed by atoms with Crippen LogP contribution in [0.4, 0.5) is 0 Å². The second-order valence-electron chi connectivity index (χ2n) is 5.24. The maximum Gasteiger partial charge on any atom is 0.275 e. The molecule has 3 rings (SSSR count). The number of aromatic hydroxyl groups is 2. The summed E-state index contributed by atoms with van der Waals surface area (Å²) in [7, 11) is 0. The van der Waals surface area contributed by atoms with Crippen molar-refractivity contribution in [2.75, 3.05) is 0 Å². The van der Waals surface area contributed by atoms with Gasteiger partial charge >= 0.3 is 0 Å². The van der Waals surface area contributed by atoms with Crippen LogP contribution in [0.2, 0.25) is 0 Å². The van der Waals surface area contributed by atoms with Crippen molar-refractivity contribution in [3.05, 3.63) is 68.6 Å². The molecular weight excluding hydrogens is 452 g/mol. The fraction of sp³-hybridized carbons (Fsp3) is 0. The topological polar surface area (TPSA) is 81.9 Å². The van der Waals surface area contributed by atoms with Crippen LogP contribution < -0.4 is 5.43 Å². The summed E-state index contributed by atoms with van der Waals surface area (Å²) in [5.41, 5.74) is 3.09. The predicted octanol–water partition coefficient (Wildman–Crippen LogP) is 4.54. The quantitative estimate of drug-likeness (QED) is 0.394. The minimum atomic E-state index is -0.531. The first-order valence-corrected chi connectivity index (χ1v) is 8.77. The van der Waals surface area contributed by atoms with Gasteiger partial charge in [-0.3, -0.25) is 4.79 Å². The molecule has 1 amide bonds. The first-order chi connectivity index (χ1) is 12.0. The third kappa shape index (κ3) is 3.83. The highest BCUT2D eigenvalue weighted by Crippen LogP contribution is 2.29. The van der Waals surface area contributed by atoms with Crippen molar-refractivity contribution in [1.82, 2.24) is 5.43 Å². The van der Waals surface area contributed by atoms with Crippen LogP contribution in [0.3, 0.4) is 0 Å². The molecule has 0 unspecified atom stereocenters. The normalized spacial score (nSPS) is 11.1. The zero-order valence-electron chi connectivity index (χ0n) is 12.7. The van der Waals surface area contributed by atoms with Gasteiger partial charge < -0.3 is 10.2 Å². The van der Waals surface area contributed by atoms with Gasteiger partial charge in [-0.2, -0.15) is 5.10 Å². The minimum Gasteiger partial charge on any atom is -0.507 e. The molecule has 0 atom stereocenters. The summed E-state index contributed by atoms with van der Waals surface area (Å²) in [5.74, 6) is -0.589. The van der Waals surface area contributed by atoms with E-state index in [-0.39, 0.29) is 17.1 Å². The smallest absolute Gasteiger partial charge is 0.275 e. The zero-order chi connectivity index (χ0) is 18.0. The maximum atomic E-state index is 12.3. The van der Waals surface area contributed by atoms with Gasteiger partial charge in [0.15, 0.2) is 0 Å². The van der Waals surface area contributed by atoms with Crippen molar-refractivity contribution in [3.63, 3.8) is 0 Å². The number of halogens is 2. The first-order valence-electron chi connectivity index (χ1n) is 7.19. The number of phenols is 2. The number of rotatable bonds is 3. The average Bonchev–Trinajstić information content (AvgIpc) is 2.58. The van der Waals surface area contributed by atoms with Gasteiger partial charge in [-0.15, -0.1) is 0 Å². The van der Waals surface area contributed by atoms with Crippen LogP contribution in [0.5, 0.6) is 11.5 Å². The first kappa shape index (κ1) is 17.4. The van der Waals surface area contributed by atoms with Gasteiger partial charge in [-0.1, -0.05) is 40.2 Å². The highest BCUT2D eigenvalue weighted by atomic mass is 79.9. The molecule has 7 heteroatoms. The second kappa shape index (κ2) is 7.25. The third-order valence-electron chi connectivity index (χ3n) is 3.54. The lowest BCUT2D eigenvalue weighted by Crippen LogP contribution is -2.17. The number of nitrogens with zero attached hydrogens (tertiary/aromatic N) is 1. The predicted molar refractivity (Wildman–Crippen MR) is 104 cm³/mol. The molecule has 0 aliphatic carbocycles. The fourth-order valence-corrected chi connectivity index (χ4v) is 3.38. The maximum absolute atomic E-state index is 12.3. The van der Waals surface area contributed by atoms with E-state index in [1.807, 2.05) is 24.3 Å². The molecule has 5 nitrogen and oxygen atoms in total. The fourth-order valence-electron chi connectivity index (χ4n) is 2.28. The minimum absolute atomic E-state index is 0.0585. The Balaban J connectivity index is 1.81. The van der Waals surface area contributed by atoms with Crippen LogP contribution in [0.1, 0.15) is 15.9 Å². The molecule has 0 aliphatic rings. The van der Waals surface area contributed by atoms with Gasteiger partial charge in [0.05, 0.1) is 16.3 Å². The number of carbonyl (C=O) groups is 1. The van der Waals surface area contributed by atoms with E-state index in [4.69, 9.17) is 0 Å². The van der Waals surface area contributed by atoms with Crippen LogP contribution >= 0.6 is 31.9 Å². The Kier molecular flexibility index (Phi) is 5.06. The van der Waals surface area contributed by atoms with E-state index in [2.05, 4.69) is 42.4 Å². The highest BCUT2D eigenvalue weighted by Gasteiger charge is 2.12. The number of fused-ring (bicyclic) bond motifs is 1. The van der Waals surface area contributed by atoms with Crippen LogP contribution in [0.15, 0.2) is 62.6 Å². The Morgan fingerprint density at radius 3 is 2.36 bits per heavy atom. The zero-order valence-corrected chi connectivity index (χ0v) is 15.9. The van der Waals surface area contributed by atoms with Crippen molar-refractivity contribution < 1.29 is 15.0 Å². The lowest BCUT2D eigenvalue weighted by molar-refractivity contribution is 0.0952. The molecule has 25 heavy (non-hydrogen) atoms. The third-order valence-corrected chi connectivity index (χ3v) is 4.87. The van der Waals surface area contributed by atoms with E-state index in [1.165, 1.54) is 18.3 Å². The lowest BCUT2D eigenvalue weighted by Gasteiger charge is -2.06. The van der Waals surface area contributed by atoms with Crippen molar-refractivity contribution in [3.8, 4) is 11.5 Å². The van der Waals surface area contributed by atoms with Crippen molar-refractivity contribution in [2.45, 2.75) is 0 Å². The molecule has 3 N–H and O–H groups in total. The monoisotopic (exact) mass is 462 g/mol. The molecule has 0 aliphatic heterocycles. The number of hydrogen-bond acceptors (Lipinski definition) is 4. The van der Waals surface area contributed by atoms with Gasteiger partial charge in [-0.25, -0.2) is 5.43 Å². The summed E-state index contributed by atoms with van der Waals surface area (Å²) in [6, 6.07) is 13.7. The van der Waals surface area contributed by atoms with E-state index in [0.29, 0.717) is 14.5 Å². The van der Waals surface area contributed by atoms with E-state index in [1.54, 1.807) is 12.1 Å². The Hall–Kier alpha value is -2.38. The molecule has 0 saturated carbocycles. The number of hydrazone groups is 1. The number of carbonyl (C=O) groups excluding carboxylic acids is 1. The van der Waals surface area contributed by atoms with Crippen LogP contribution in [0, 0.1) is 0 Å². The molecule has 0 fully saturated rings. The summed E-state index contributed by atoms with van der Waals surface area (Å²) >= 11 is 6.55. The van der Waals surface area contributed by atoms with Gasteiger partial charge in [0.1, 0.15) is 11.5 Å². The van der Waals surface area contributed by atoms with Crippen molar-refractivity contribution in [2.24, 2.45) is 5.10 Å². The highest BCUT2D eigenvalue weighted by molar-refractivity contribution is 9.11. The van der Waals surface area contributed by atoms with Crippen LogP contribution in [0.25, 0.3) is 10.8 Å². The molecule has 0 bridgehead atoms. The van der Waals surface area contributed by atoms with E-state index in [9.17, 15) is 15.0 Å². The van der Waals surface area contributed by atoms with Gasteiger partial charge in [0.25, 0.3) is 5.91 Å². The second-order valence-corrected chi connectivity index (χ2v) is 6.95. The summed E-state index contributed by atoms with van der Waals surface area (Å²) in [6.45, 7) is 0. The largest absolute Gasteiger partial charge is 0.507 e. The summed E-state index contributed by atoms with van der Waals surface area (Å²) in [4.78, 5) is 12.3. The molecular formula is C18H12Br2N2O3. The van der Waals surface area contributed by atoms with Gasteiger partial charge in [-0.05, 0) is 51.0 Å². The SMILES string of the molecule is O=C(N/N=C/c1cc(O)c(Br)cc1Br)c1cc2ccccc2cc1O. The number of benzene rings is 3. The summed E-state index contributed by atoms with van der Waals surface area (Å²) in [5, 5.41) is 25.3. The Morgan fingerprint density at radius 2 is 1.64 bits per heavy atom. The number of amides is 1. The van der Waals surface area contributed by atoms with Crippen LogP contribution in [-0.4, -0.2) is 22.3 Å². The Labute approximate surface area is 160 Å². The molecule has 0 heterocycles. The number of nitrogens with one attached hydrogen (secondary N) is 1. The molecule has 0 spiro atoms. The molecule has 126 valence electrons. The van der Waals surface area contributed by atoms with E-state index < -0.39 is 5.91 Å². The number of hydrogen-bond donors (Lipinski definition) is 3. The Bertz CT molecular complexity index is 1000. The molecule has 0 aromatic heterocycles. The van der Waals surface area contributed by atoms with Crippen molar-refractivity contribution in [1.29, 1.82) is 0 Å². The molecule has 3 aromatic carbocycles. The van der Waals surface area contributed by atoms with E-state index in [0.717, 1.165) is 10.8 Å².